The van der Waals surface area contributed by atoms with Crippen molar-refractivity contribution in [2.45, 2.75) is 13.0 Å². The lowest BCUT2D eigenvalue weighted by Gasteiger charge is -2.10. The van der Waals surface area contributed by atoms with Crippen LogP contribution in [-0.4, -0.2) is 33.7 Å². The van der Waals surface area contributed by atoms with Gasteiger partial charge >= 0.3 is 0 Å². The summed E-state index contributed by atoms with van der Waals surface area (Å²) < 4.78 is 13.1. The summed E-state index contributed by atoms with van der Waals surface area (Å²) in [6.07, 6.45) is 5.78. The number of hydrogen-bond donors (Lipinski definition) is 1. The van der Waals surface area contributed by atoms with Gasteiger partial charge < -0.3 is 14.8 Å². The van der Waals surface area contributed by atoms with E-state index in [1.54, 1.807) is 12.1 Å². The third-order valence-corrected chi connectivity index (χ3v) is 4.34. The Kier molecular flexibility index (Phi) is 4.93. The molecule has 0 saturated heterocycles. The lowest BCUT2D eigenvalue weighted by Crippen LogP contribution is -2.21. The molecule has 0 fully saturated rings. The number of pyridine rings is 1. The van der Waals surface area contributed by atoms with Crippen LogP contribution in [0.1, 0.15) is 17.8 Å². The molecule has 1 aliphatic rings. The number of ether oxygens (including phenoxy) is 2. The van der Waals surface area contributed by atoms with E-state index in [0.29, 0.717) is 35.6 Å². The van der Waals surface area contributed by atoms with Gasteiger partial charge in [0.05, 0.1) is 24.8 Å². The summed E-state index contributed by atoms with van der Waals surface area (Å²) in [5.74, 6) is 1.56. The average molecular weight is 385 g/mol. The number of aromatic nitrogens is 3. The number of rotatable bonds is 4. The summed E-state index contributed by atoms with van der Waals surface area (Å²) in [7, 11) is 0. The van der Waals surface area contributed by atoms with Gasteiger partial charge in [0.1, 0.15) is 0 Å². The summed E-state index contributed by atoms with van der Waals surface area (Å²) in [6, 6.07) is 9.17. The fourth-order valence-corrected chi connectivity index (χ4v) is 3.03. The van der Waals surface area contributed by atoms with Crippen LogP contribution >= 0.6 is 11.6 Å². The van der Waals surface area contributed by atoms with Crippen molar-refractivity contribution in [1.29, 1.82) is 0 Å². The molecule has 0 bridgehead atoms. The molecule has 0 spiro atoms. The van der Waals surface area contributed by atoms with Crippen molar-refractivity contribution in [2.24, 2.45) is 0 Å². The minimum atomic E-state index is -0.245. The summed E-state index contributed by atoms with van der Waals surface area (Å²) in [5.41, 5.74) is 1.49. The standard InChI is InChI=1S/C19H17ClN4O3/c20-14-10-13(11-15-19(14)27-9-3-8-26-15)5-6-18(25)21-12-17-23-22-16-4-1-2-7-24(16)17/h1-2,4-7,10-11H,3,8-9,12H2,(H,21,25)/b6-5+. The van der Waals surface area contributed by atoms with E-state index >= 15 is 0 Å². The quantitative estimate of drug-likeness (QED) is 0.700. The topological polar surface area (TPSA) is 77.8 Å². The molecule has 3 heterocycles. The first-order valence-electron chi connectivity index (χ1n) is 8.54. The molecule has 0 aliphatic carbocycles. The number of nitrogens with one attached hydrogen (secondary N) is 1. The fourth-order valence-electron chi connectivity index (χ4n) is 2.76. The van der Waals surface area contributed by atoms with Gasteiger partial charge in [0.2, 0.25) is 5.91 Å². The van der Waals surface area contributed by atoms with Gasteiger partial charge in [-0.2, -0.15) is 0 Å². The maximum Gasteiger partial charge on any atom is 0.244 e. The van der Waals surface area contributed by atoms with Crippen molar-refractivity contribution in [3.63, 3.8) is 0 Å². The molecule has 27 heavy (non-hydrogen) atoms. The van der Waals surface area contributed by atoms with E-state index in [0.717, 1.165) is 17.6 Å². The Morgan fingerprint density at radius 1 is 1.26 bits per heavy atom. The Labute approximate surface area is 160 Å². The highest BCUT2D eigenvalue weighted by Gasteiger charge is 2.15. The number of halogens is 1. The number of nitrogens with zero attached hydrogens (tertiary/aromatic N) is 3. The Balaban J connectivity index is 1.43. The summed E-state index contributed by atoms with van der Waals surface area (Å²) >= 11 is 6.26. The molecule has 2 aromatic heterocycles. The molecule has 4 rings (SSSR count). The average Bonchev–Trinajstić information content (AvgIpc) is 2.93. The van der Waals surface area contributed by atoms with E-state index in [9.17, 15) is 4.79 Å². The van der Waals surface area contributed by atoms with Gasteiger partial charge in [-0.05, 0) is 35.9 Å². The molecular formula is C19H17ClN4O3. The fraction of sp³-hybridized carbons (Fsp3) is 0.211. The van der Waals surface area contributed by atoms with Gasteiger partial charge in [-0.15, -0.1) is 10.2 Å². The van der Waals surface area contributed by atoms with Crippen LogP contribution in [0.5, 0.6) is 11.5 Å². The minimum Gasteiger partial charge on any atom is -0.489 e. The van der Waals surface area contributed by atoms with Crippen LogP contribution in [0.15, 0.2) is 42.6 Å². The van der Waals surface area contributed by atoms with Gasteiger partial charge in [-0.25, -0.2) is 0 Å². The molecule has 7 nitrogen and oxygen atoms in total. The molecule has 0 radical (unpaired) electrons. The SMILES string of the molecule is O=C(/C=C/c1cc(Cl)c2c(c1)OCCCO2)NCc1nnc2ccccn12. The zero-order valence-corrected chi connectivity index (χ0v) is 15.1. The molecular weight excluding hydrogens is 368 g/mol. The second-order valence-electron chi connectivity index (χ2n) is 5.98. The van der Waals surface area contributed by atoms with Gasteiger partial charge in [-0.1, -0.05) is 17.7 Å². The van der Waals surface area contributed by atoms with Crippen LogP contribution in [0.25, 0.3) is 11.7 Å². The molecule has 0 saturated carbocycles. The van der Waals surface area contributed by atoms with Crippen LogP contribution in [0.3, 0.4) is 0 Å². The highest BCUT2D eigenvalue weighted by Crippen LogP contribution is 2.38. The predicted molar refractivity (Wildman–Crippen MR) is 101 cm³/mol. The second-order valence-corrected chi connectivity index (χ2v) is 6.38. The monoisotopic (exact) mass is 384 g/mol. The number of fused-ring (bicyclic) bond motifs is 2. The van der Waals surface area contributed by atoms with E-state index in [4.69, 9.17) is 21.1 Å². The number of benzene rings is 1. The maximum atomic E-state index is 12.1. The molecule has 1 aromatic carbocycles. The van der Waals surface area contributed by atoms with Gasteiger partial charge in [-0.3, -0.25) is 9.20 Å². The van der Waals surface area contributed by atoms with E-state index in [2.05, 4.69) is 15.5 Å². The van der Waals surface area contributed by atoms with Crippen LogP contribution in [0, 0.1) is 0 Å². The van der Waals surface area contributed by atoms with Crippen molar-refractivity contribution in [1.82, 2.24) is 19.9 Å². The van der Waals surface area contributed by atoms with Crippen molar-refractivity contribution in [3.05, 3.63) is 59.0 Å². The van der Waals surface area contributed by atoms with Crippen molar-refractivity contribution < 1.29 is 14.3 Å². The van der Waals surface area contributed by atoms with Crippen LogP contribution in [0.4, 0.5) is 0 Å². The van der Waals surface area contributed by atoms with Crippen molar-refractivity contribution >= 4 is 29.2 Å². The number of hydrogen-bond acceptors (Lipinski definition) is 5. The molecule has 0 unspecified atom stereocenters. The number of carbonyl (C=O) groups excluding carboxylic acids is 1. The molecule has 0 atom stereocenters. The second kappa shape index (κ2) is 7.67. The largest absolute Gasteiger partial charge is 0.489 e. The maximum absolute atomic E-state index is 12.1. The number of carbonyl (C=O) groups is 1. The molecule has 8 heteroatoms. The smallest absolute Gasteiger partial charge is 0.244 e. The van der Waals surface area contributed by atoms with Gasteiger partial charge in [0.25, 0.3) is 0 Å². The van der Waals surface area contributed by atoms with Gasteiger partial charge in [0.15, 0.2) is 23.0 Å². The lowest BCUT2D eigenvalue weighted by atomic mass is 10.2. The first-order valence-corrected chi connectivity index (χ1v) is 8.92. The van der Waals surface area contributed by atoms with Gasteiger partial charge in [0, 0.05) is 18.7 Å². The molecule has 138 valence electrons. The highest BCUT2D eigenvalue weighted by atomic mass is 35.5. The molecule has 1 aliphatic heterocycles. The Bertz CT molecular complexity index is 1020. The van der Waals surface area contributed by atoms with E-state index in [-0.39, 0.29) is 12.5 Å². The van der Waals surface area contributed by atoms with Crippen LogP contribution in [-0.2, 0) is 11.3 Å². The summed E-state index contributed by atoms with van der Waals surface area (Å²) in [5, 5.41) is 11.4. The molecule has 1 N–H and O–H groups in total. The van der Waals surface area contributed by atoms with Crippen molar-refractivity contribution in [3.8, 4) is 11.5 Å². The third kappa shape index (κ3) is 3.88. The van der Waals surface area contributed by atoms with E-state index in [1.165, 1.54) is 6.08 Å². The van der Waals surface area contributed by atoms with Crippen molar-refractivity contribution in [2.75, 3.05) is 13.2 Å². The Hall–Kier alpha value is -3.06. The summed E-state index contributed by atoms with van der Waals surface area (Å²) in [4.78, 5) is 12.1. The van der Waals surface area contributed by atoms with Crippen LogP contribution in [0.2, 0.25) is 5.02 Å². The first-order chi connectivity index (χ1) is 13.2. The Morgan fingerprint density at radius 3 is 3.07 bits per heavy atom. The van der Waals surface area contributed by atoms with Crippen LogP contribution < -0.4 is 14.8 Å². The first kappa shape index (κ1) is 17.4. The zero-order chi connectivity index (χ0) is 18.6. The molecule has 1 amide bonds. The predicted octanol–water partition coefficient (Wildman–Crippen LogP) is 2.87. The Morgan fingerprint density at radius 2 is 2.15 bits per heavy atom. The normalized spacial score (nSPS) is 13.7. The number of amides is 1. The lowest BCUT2D eigenvalue weighted by molar-refractivity contribution is -0.116. The van der Waals surface area contributed by atoms with E-state index < -0.39 is 0 Å². The minimum absolute atomic E-state index is 0.245. The summed E-state index contributed by atoms with van der Waals surface area (Å²) in [6.45, 7) is 1.42. The highest BCUT2D eigenvalue weighted by molar-refractivity contribution is 6.32. The molecule has 3 aromatic rings. The van der Waals surface area contributed by atoms with E-state index in [1.807, 2.05) is 34.9 Å². The third-order valence-electron chi connectivity index (χ3n) is 4.06. The zero-order valence-electron chi connectivity index (χ0n) is 14.4.